The highest BCUT2D eigenvalue weighted by molar-refractivity contribution is 6.32. The van der Waals surface area contributed by atoms with Gasteiger partial charge in [-0.25, -0.2) is 0 Å². The molecule has 2 rings (SSSR count). The first-order valence-corrected chi connectivity index (χ1v) is 8.39. The average Bonchev–Trinajstić information content (AvgIpc) is 2.91. The number of halogens is 1. The molecule has 0 amide bonds. The van der Waals surface area contributed by atoms with E-state index in [9.17, 15) is 19.7 Å². The highest BCUT2D eigenvalue weighted by Gasteiger charge is 2.16. The molecule has 9 heteroatoms. The number of aromatic nitrogens is 2. The molecule has 1 heterocycles. The molecular weight excluding hydrogens is 374 g/mol. The molecule has 0 aliphatic rings. The van der Waals surface area contributed by atoms with Crippen LogP contribution in [0.5, 0.6) is 0 Å². The maximum Gasteiger partial charge on any atom is 0.307 e. The first-order valence-electron chi connectivity index (χ1n) is 8.01. The summed E-state index contributed by atoms with van der Waals surface area (Å²) >= 11 is 5.76. The molecule has 142 valence electrons. The van der Waals surface area contributed by atoms with Crippen LogP contribution < -0.4 is 0 Å². The first kappa shape index (κ1) is 20.3. The van der Waals surface area contributed by atoms with Crippen molar-refractivity contribution >= 4 is 35.1 Å². The Hall–Kier alpha value is -3.00. The number of carbonyl (C=O) groups is 2. The zero-order chi connectivity index (χ0) is 20.1. The third-order valence-corrected chi connectivity index (χ3v) is 4.34. The van der Waals surface area contributed by atoms with Gasteiger partial charge in [-0.2, -0.15) is 5.10 Å². The monoisotopic (exact) mass is 391 g/mol. The third kappa shape index (κ3) is 4.79. The summed E-state index contributed by atoms with van der Waals surface area (Å²) in [7, 11) is 1.32. The number of allylic oxidation sites excluding steroid dienone is 1. The van der Waals surface area contributed by atoms with Crippen LogP contribution >= 0.6 is 11.6 Å². The van der Waals surface area contributed by atoms with Crippen molar-refractivity contribution in [3.63, 3.8) is 0 Å². The molecule has 0 N–H and O–H groups in total. The number of ether oxygens (including phenoxy) is 1. The number of benzene rings is 1. The molecule has 27 heavy (non-hydrogen) atoms. The van der Waals surface area contributed by atoms with Crippen LogP contribution in [0.1, 0.15) is 33.7 Å². The SMILES string of the molecule is COC(=O)CCn1nc(C)c(C=CC(=O)c2ccc(Cl)c([N+](=O)[O-])c2)c1C. The Kier molecular flexibility index (Phi) is 6.46. The minimum absolute atomic E-state index is 0.0286. The highest BCUT2D eigenvalue weighted by atomic mass is 35.5. The lowest BCUT2D eigenvalue weighted by Gasteiger charge is -2.03. The minimum atomic E-state index is -0.636. The van der Waals surface area contributed by atoms with Crippen LogP contribution in [-0.4, -0.2) is 33.6 Å². The number of methoxy groups -OCH3 is 1. The molecule has 0 saturated heterocycles. The van der Waals surface area contributed by atoms with E-state index in [-0.39, 0.29) is 28.7 Å². The van der Waals surface area contributed by atoms with Gasteiger partial charge in [0, 0.05) is 22.9 Å². The Morgan fingerprint density at radius 2 is 2.07 bits per heavy atom. The van der Waals surface area contributed by atoms with E-state index in [1.165, 1.54) is 25.3 Å². The second kappa shape index (κ2) is 8.59. The van der Waals surface area contributed by atoms with E-state index in [1.807, 2.05) is 6.92 Å². The van der Waals surface area contributed by atoms with Crippen LogP contribution in [0.15, 0.2) is 24.3 Å². The highest BCUT2D eigenvalue weighted by Crippen LogP contribution is 2.25. The minimum Gasteiger partial charge on any atom is -0.469 e. The third-order valence-electron chi connectivity index (χ3n) is 4.02. The summed E-state index contributed by atoms with van der Waals surface area (Å²) in [4.78, 5) is 33.9. The molecule has 0 aliphatic heterocycles. The van der Waals surface area contributed by atoms with Gasteiger partial charge in [0.05, 0.1) is 30.7 Å². The van der Waals surface area contributed by atoms with Gasteiger partial charge < -0.3 is 4.74 Å². The quantitative estimate of drug-likeness (QED) is 0.235. The number of aryl methyl sites for hydroxylation is 2. The predicted octanol–water partition coefficient (Wildman–Crippen LogP) is 3.52. The molecule has 0 fully saturated rings. The van der Waals surface area contributed by atoms with Crippen molar-refractivity contribution in [1.29, 1.82) is 0 Å². The summed E-state index contributed by atoms with van der Waals surface area (Å²) in [5, 5.41) is 15.3. The van der Waals surface area contributed by atoms with Crippen LogP contribution in [0.4, 0.5) is 5.69 Å². The van der Waals surface area contributed by atoms with Gasteiger partial charge in [0.1, 0.15) is 5.02 Å². The molecule has 0 aliphatic carbocycles. The molecule has 8 nitrogen and oxygen atoms in total. The summed E-state index contributed by atoms with van der Waals surface area (Å²) in [6, 6.07) is 3.90. The zero-order valence-corrected chi connectivity index (χ0v) is 15.8. The lowest BCUT2D eigenvalue weighted by molar-refractivity contribution is -0.384. The number of carbonyl (C=O) groups excluding carboxylic acids is 2. The van der Waals surface area contributed by atoms with E-state index in [0.717, 1.165) is 17.3 Å². The summed E-state index contributed by atoms with van der Waals surface area (Å²) in [6.45, 7) is 3.98. The van der Waals surface area contributed by atoms with Crippen molar-refractivity contribution in [3.8, 4) is 0 Å². The van der Waals surface area contributed by atoms with E-state index in [0.29, 0.717) is 12.2 Å². The van der Waals surface area contributed by atoms with E-state index >= 15 is 0 Å². The second-order valence-electron chi connectivity index (χ2n) is 5.75. The molecular formula is C18H18ClN3O5. The lowest BCUT2D eigenvalue weighted by Crippen LogP contribution is -2.09. The van der Waals surface area contributed by atoms with Crippen molar-refractivity contribution in [3.05, 3.63) is 61.9 Å². The largest absolute Gasteiger partial charge is 0.469 e. The second-order valence-corrected chi connectivity index (χ2v) is 6.16. The summed E-state index contributed by atoms with van der Waals surface area (Å²) in [5.41, 5.74) is 2.08. The zero-order valence-electron chi connectivity index (χ0n) is 15.1. The van der Waals surface area contributed by atoms with E-state index < -0.39 is 10.7 Å². The summed E-state index contributed by atoms with van der Waals surface area (Å²) in [5.74, 6) is -0.727. The summed E-state index contributed by atoms with van der Waals surface area (Å²) in [6.07, 6.45) is 3.12. The molecule has 0 atom stereocenters. The number of hydrogen-bond donors (Lipinski definition) is 0. The van der Waals surface area contributed by atoms with Gasteiger partial charge in [0.25, 0.3) is 5.69 Å². The smallest absolute Gasteiger partial charge is 0.307 e. The Morgan fingerprint density at radius 3 is 2.70 bits per heavy atom. The van der Waals surface area contributed by atoms with Crippen molar-refractivity contribution in [2.45, 2.75) is 26.8 Å². The Morgan fingerprint density at radius 1 is 1.37 bits per heavy atom. The van der Waals surface area contributed by atoms with Gasteiger partial charge >= 0.3 is 5.97 Å². The van der Waals surface area contributed by atoms with Crippen molar-refractivity contribution < 1.29 is 19.2 Å². The predicted molar refractivity (Wildman–Crippen MR) is 99.8 cm³/mol. The van der Waals surface area contributed by atoms with E-state index in [4.69, 9.17) is 11.6 Å². The molecule has 1 aromatic heterocycles. The Labute approximate surface area is 160 Å². The van der Waals surface area contributed by atoms with Crippen LogP contribution in [0.2, 0.25) is 5.02 Å². The van der Waals surface area contributed by atoms with Gasteiger partial charge in [-0.05, 0) is 38.1 Å². The fraction of sp³-hybridized carbons (Fsp3) is 0.278. The van der Waals surface area contributed by atoms with Gasteiger partial charge in [-0.3, -0.25) is 24.4 Å². The number of nitrogens with zero attached hydrogens (tertiary/aromatic N) is 3. The van der Waals surface area contributed by atoms with Gasteiger partial charge in [0.2, 0.25) is 0 Å². The fourth-order valence-electron chi connectivity index (χ4n) is 2.53. The van der Waals surface area contributed by atoms with Crippen LogP contribution in [0.25, 0.3) is 6.08 Å². The first-order chi connectivity index (χ1) is 12.7. The van der Waals surface area contributed by atoms with Crippen LogP contribution in [0, 0.1) is 24.0 Å². The van der Waals surface area contributed by atoms with E-state index in [2.05, 4.69) is 9.84 Å². The molecule has 1 aromatic carbocycles. The van der Waals surface area contributed by atoms with Crippen LogP contribution in [-0.2, 0) is 16.1 Å². The molecule has 0 bridgehead atoms. The Bertz CT molecular complexity index is 933. The maximum atomic E-state index is 12.3. The standard InChI is InChI=1S/C18H18ClN3O5/c1-11-14(12(2)21(20-11)9-8-18(24)27-3)5-7-17(23)13-4-6-15(19)16(10-13)22(25)26/h4-7,10H,8-9H2,1-3H3. The number of nitro benzene ring substituents is 1. The fourth-order valence-corrected chi connectivity index (χ4v) is 2.72. The molecule has 0 radical (unpaired) electrons. The van der Waals surface area contributed by atoms with Gasteiger partial charge in [0.15, 0.2) is 5.78 Å². The maximum absolute atomic E-state index is 12.3. The normalized spacial score (nSPS) is 11.0. The molecule has 0 unspecified atom stereocenters. The Balaban J connectivity index is 2.21. The topological polar surface area (TPSA) is 104 Å². The summed E-state index contributed by atoms with van der Waals surface area (Å²) < 4.78 is 6.29. The molecule has 2 aromatic rings. The average molecular weight is 392 g/mol. The molecule has 0 saturated carbocycles. The number of esters is 1. The van der Waals surface area contributed by atoms with E-state index in [1.54, 1.807) is 17.7 Å². The lowest BCUT2D eigenvalue weighted by atomic mass is 10.1. The van der Waals surface area contributed by atoms with Gasteiger partial charge in [-0.15, -0.1) is 0 Å². The number of ketones is 1. The van der Waals surface area contributed by atoms with Crippen molar-refractivity contribution in [2.75, 3.05) is 7.11 Å². The van der Waals surface area contributed by atoms with Crippen molar-refractivity contribution in [2.24, 2.45) is 0 Å². The number of hydrogen-bond acceptors (Lipinski definition) is 6. The van der Waals surface area contributed by atoms with Crippen LogP contribution in [0.3, 0.4) is 0 Å². The van der Waals surface area contributed by atoms with Gasteiger partial charge in [-0.1, -0.05) is 11.6 Å². The van der Waals surface area contributed by atoms with Crippen molar-refractivity contribution in [1.82, 2.24) is 9.78 Å². The number of nitro groups is 1. The molecule has 0 spiro atoms. The number of rotatable bonds is 7.